The highest BCUT2D eigenvalue weighted by atomic mass is 31.2. The second-order valence-electron chi connectivity index (χ2n) is 15.5. The van der Waals surface area contributed by atoms with Crippen molar-refractivity contribution in [1.82, 2.24) is 9.55 Å². The van der Waals surface area contributed by atoms with E-state index in [1.165, 1.54) is 10.8 Å². The molecule has 1 aliphatic heterocycles. The van der Waals surface area contributed by atoms with Gasteiger partial charge in [-0.15, -0.1) is 0 Å². The van der Waals surface area contributed by atoms with E-state index >= 15 is 0 Å². The summed E-state index contributed by atoms with van der Waals surface area (Å²) in [5, 5.41) is 0. The molecular formula is C45H51N2O10P. The van der Waals surface area contributed by atoms with Crippen LogP contribution in [0, 0.1) is 33.1 Å². The van der Waals surface area contributed by atoms with Crippen LogP contribution in [-0.2, 0) is 28.9 Å². The Hall–Kier alpha value is -5.26. The van der Waals surface area contributed by atoms with Crippen molar-refractivity contribution < 1.29 is 37.3 Å². The van der Waals surface area contributed by atoms with Crippen LogP contribution in [0.4, 0.5) is 0 Å². The van der Waals surface area contributed by atoms with Gasteiger partial charge < -0.3 is 28.0 Å². The summed E-state index contributed by atoms with van der Waals surface area (Å²) in [6, 6.07) is 29.1. The minimum atomic E-state index is -2.37. The maximum atomic E-state index is 13.4. The topological polar surface area (TPSA) is 137 Å². The monoisotopic (exact) mass is 810 g/mol. The summed E-state index contributed by atoms with van der Waals surface area (Å²) in [7, 11) is 0.858. The Morgan fingerprint density at radius 1 is 0.810 bits per heavy atom. The molecule has 13 heteroatoms. The molecule has 1 N–H and O–H groups in total. The van der Waals surface area contributed by atoms with Crippen molar-refractivity contribution in [2.45, 2.75) is 78.9 Å². The molecule has 6 rings (SSSR count). The predicted molar refractivity (Wildman–Crippen MR) is 221 cm³/mol. The lowest BCUT2D eigenvalue weighted by atomic mass is 9.80. The van der Waals surface area contributed by atoms with Crippen molar-refractivity contribution in [2.24, 2.45) is 5.41 Å². The summed E-state index contributed by atoms with van der Waals surface area (Å²) in [5.41, 5.74) is 2.33. The maximum Gasteiger partial charge on any atom is 0.465 e. The van der Waals surface area contributed by atoms with Crippen molar-refractivity contribution in [2.75, 3.05) is 20.8 Å². The zero-order valence-corrected chi connectivity index (χ0v) is 35.3. The van der Waals surface area contributed by atoms with E-state index < -0.39 is 55.3 Å². The minimum Gasteiger partial charge on any atom is -0.497 e. The average molecular weight is 811 g/mol. The van der Waals surface area contributed by atoms with Gasteiger partial charge in [-0.05, 0) is 101 Å². The highest BCUT2D eigenvalue weighted by molar-refractivity contribution is 7.42. The molecular weight excluding hydrogens is 759 g/mol. The molecule has 0 aliphatic carbocycles. The molecule has 4 aromatic carbocycles. The molecule has 1 fully saturated rings. The number of aromatic nitrogens is 2. The summed E-state index contributed by atoms with van der Waals surface area (Å²) in [5.74, 6) is 1.37. The first-order valence-electron chi connectivity index (χ1n) is 19.0. The quantitative estimate of drug-likeness (QED) is 0.0861. The minimum absolute atomic E-state index is 0.0653. The summed E-state index contributed by atoms with van der Waals surface area (Å²) in [4.78, 5) is 41.4. The van der Waals surface area contributed by atoms with Crippen LogP contribution in [-0.4, -0.2) is 48.6 Å². The Labute approximate surface area is 340 Å². The molecule has 0 bridgehead atoms. The number of hydrogen-bond acceptors (Lipinski definition) is 10. The van der Waals surface area contributed by atoms with Gasteiger partial charge >= 0.3 is 20.3 Å². The first-order valence-corrected chi connectivity index (χ1v) is 20.1. The van der Waals surface area contributed by atoms with Crippen LogP contribution < -0.4 is 25.2 Å². The van der Waals surface area contributed by atoms with Gasteiger partial charge in [0.1, 0.15) is 41.3 Å². The number of nitrogens with one attached hydrogen (secondary N) is 1. The maximum absolute atomic E-state index is 13.4. The Balaban J connectivity index is 1.44. The lowest BCUT2D eigenvalue weighted by Crippen LogP contribution is -2.38. The third-order valence-electron chi connectivity index (χ3n) is 10.0. The molecule has 1 unspecified atom stereocenters. The summed E-state index contributed by atoms with van der Waals surface area (Å²) in [6.07, 6.45) is -0.954. The SMILES string of the molecule is COc1ccc(C(OC[C@H]2O[C@@H](n3cc(C)c(=O)[nH]c3=O)C[C@@H]2OP(OC(=O)C(C)(C)C)Oc2c(C)cc(C)cc2C)(c2ccccc2)c2ccc(OC)cc2)cc1. The van der Waals surface area contributed by atoms with Gasteiger partial charge in [-0.25, -0.2) is 4.79 Å². The zero-order chi connectivity index (χ0) is 41.8. The number of hydrogen-bond donors (Lipinski definition) is 1. The number of ether oxygens (including phenoxy) is 4. The van der Waals surface area contributed by atoms with Crippen LogP contribution in [0.2, 0.25) is 0 Å². The smallest absolute Gasteiger partial charge is 0.465 e. The summed E-state index contributed by atoms with van der Waals surface area (Å²) < 4.78 is 45.4. The average Bonchev–Trinajstić information content (AvgIpc) is 3.60. The number of carbonyl (C=O) groups is 1. The number of benzene rings is 4. The Kier molecular flexibility index (Phi) is 12.9. The van der Waals surface area contributed by atoms with Crippen LogP contribution in [0.3, 0.4) is 0 Å². The van der Waals surface area contributed by atoms with Crippen LogP contribution in [0.15, 0.2) is 107 Å². The lowest BCUT2D eigenvalue weighted by molar-refractivity contribution is -0.144. The lowest BCUT2D eigenvalue weighted by Gasteiger charge is -2.37. The largest absolute Gasteiger partial charge is 0.497 e. The van der Waals surface area contributed by atoms with E-state index in [0.29, 0.717) is 22.8 Å². The number of rotatable bonds is 14. The van der Waals surface area contributed by atoms with E-state index in [1.54, 1.807) is 41.9 Å². The van der Waals surface area contributed by atoms with E-state index in [-0.39, 0.29) is 13.0 Å². The number of H-pyrrole nitrogens is 1. The molecule has 5 aromatic rings. The van der Waals surface area contributed by atoms with Gasteiger partial charge in [0, 0.05) is 18.2 Å². The molecule has 306 valence electrons. The van der Waals surface area contributed by atoms with E-state index in [1.807, 2.05) is 112 Å². The fourth-order valence-electron chi connectivity index (χ4n) is 6.98. The highest BCUT2D eigenvalue weighted by Gasteiger charge is 2.45. The van der Waals surface area contributed by atoms with Gasteiger partial charge in [0.05, 0.1) is 26.2 Å². The first kappa shape index (κ1) is 42.3. The van der Waals surface area contributed by atoms with Crippen LogP contribution in [0.25, 0.3) is 0 Å². The van der Waals surface area contributed by atoms with Crippen molar-refractivity contribution >= 4 is 14.6 Å². The molecule has 58 heavy (non-hydrogen) atoms. The molecule has 4 atom stereocenters. The Bertz CT molecular complexity index is 2250. The molecule has 12 nitrogen and oxygen atoms in total. The number of carbonyl (C=O) groups excluding carboxylic acids is 1. The molecule has 1 aromatic heterocycles. The number of nitrogens with zero attached hydrogens (tertiary/aromatic N) is 1. The summed E-state index contributed by atoms with van der Waals surface area (Å²) in [6.45, 7) is 12.6. The molecule has 0 spiro atoms. The van der Waals surface area contributed by atoms with E-state index in [9.17, 15) is 14.4 Å². The zero-order valence-electron chi connectivity index (χ0n) is 34.4. The van der Waals surface area contributed by atoms with Gasteiger partial charge in [-0.3, -0.25) is 23.7 Å². The number of aryl methyl sites for hydroxylation is 4. The molecule has 0 amide bonds. The van der Waals surface area contributed by atoms with Crippen LogP contribution >= 0.6 is 8.60 Å². The van der Waals surface area contributed by atoms with Crippen LogP contribution in [0.5, 0.6) is 17.2 Å². The van der Waals surface area contributed by atoms with Crippen molar-refractivity contribution in [3.63, 3.8) is 0 Å². The second-order valence-corrected chi connectivity index (χ2v) is 16.5. The van der Waals surface area contributed by atoms with Crippen molar-refractivity contribution in [1.29, 1.82) is 0 Å². The third kappa shape index (κ3) is 9.21. The molecule has 2 heterocycles. The van der Waals surface area contributed by atoms with Gasteiger partial charge in [-0.1, -0.05) is 72.3 Å². The summed E-state index contributed by atoms with van der Waals surface area (Å²) >= 11 is 0. The molecule has 1 aliphatic rings. The standard InChI is InChI=1S/C45H51N2O10P/c1-28-23-29(2)40(30(3)24-28)56-58(57-42(49)44(5,6)7)55-37-25-39(47-26-31(4)41(48)46-43(47)50)54-38(37)27-53-45(32-13-11-10-12-14-32,33-15-19-35(51-8)20-16-33)34-17-21-36(52-9)22-18-34/h10-24,26,37-39H,25,27H2,1-9H3,(H,46,48,50)/t37-,38+,39+,58?/m0/s1. The highest BCUT2D eigenvalue weighted by Crippen LogP contribution is 2.49. The van der Waals surface area contributed by atoms with Crippen molar-refractivity contribution in [3.8, 4) is 17.2 Å². The van der Waals surface area contributed by atoms with Gasteiger partial charge in [0.2, 0.25) is 0 Å². The Morgan fingerprint density at radius 3 is 1.90 bits per heavy atom. The first-order chi connectivity index (χ1) is 27.6. The molecule has 0 saturated carbocycles. The molecule has 1 saturated heterocycles. The fourth-order valence-corrected chi connectivity index (χ4v) is 8.39. The fraction of sp³-hybridized carbons (Fsp3) is 0.356. The number of aromatic amines is 1. The van der Waals surface area contributed by atoms with Crippen molar-refractivity contribution in [3.05, 3.63) is 157 Å². The van der Waals surface area contributed by atoms with E-state index in [0.717, 1.165) is 33.4 Å². The number of methoxy groups -OCH3 is 2. The predicted octanol–water partition coefficient (Wildman–Crippen LogP) is 8.36. The van der Waals surface area contributed by atoms with E-state index in [4.69, 9.17) is 32.5 Å². The van der Waals surface area contributed by atoms with Crippen LogP contribution in [0.1, 0.15) is 72.4 Å². The van der Waals surface area contributed by atoms with E-state index in [2.05, 4.69) is 4.98 Å². The van der Waals surface area contributed by atoms with Gasteiger partial charge in [0.15, 0.2) is 0 Å². The third-order valence-corrected chi connectivity index (χ3v) is 11.1. The van der Waals surface area contributed by atoms with Gasteiger partial charge in [-0.2, -0.15) is 0 Å². The normalized spacial score (nSPS) is 17.4. The molecule has 0 radical (unpaired) electrons. The Morgan fingerprint density at radius 2 is 1.36 bits per heavy atom. The van der Waals surface area contributed by atoms with Gasteiger partial charge in [0.25, 0.3) is 5.56 Å². The second kappa shape index (κ2) is 17.7.